The first-order valence-electron chi connectivity index (χ1n) is 8.64. The molecule has 1 amide bonds. The predicted molar refractivity (Wildman–Crippen MR) is 108 cm³/mol. The number of hydrogen-bond acceptors (Lipinski definition) is 5. The highest BCUT2D eigenvalue weighted by Crippen LogP contribution is 2.22. The molecule has 0 saturated heterocycles. The molecular formula is C20H25ClFN3O3. The number of Topliss-reactive ketones (excluding diaryl/α,β-unsaturated/α-hetero) is 1. The number of aromatic nitrogens is 1. The highest BCUT2D eigenvalue weighted by atomic mass is 35.5. The lowest BCUT2D eigenvalue weighted by atomic mass is 9.99. The number of benzene rings is 1. The Kier molecular flexibility index (Phi) is 8.08. The number of amides is 1. The number of nitrogens with two attached hydrogens (primary N) is 1. The van der Waals surface area contributed by atoms with Crippen molar-refractivity contribution in [1.29, 1.82) is 0 Å². The van der Waals surface area contributed by atoms with Crippen LogP contribution in [0.1, 0.15) is 49.7 Å². The molecule has 1 atom stereocenters. The Hall–Kier alpha value is -2.51. The van der Waals surface area contributed by atoms with E-state index in [0.717, 1.165) is 0 Å². The summed E-state index contributed by atoms with van der Waals surface area (Å²) >= 11 is 0. The number of halogens is 2. The van der Waals surface area contributed by atoms with Crippen molar-refractivity contribution in [2.45, 2.75) is 39.3 Å². The summed E-state index contributed by atoms with van der Waals surface area (Å²) in [6, 6.07) is 7.42. The number of carbonyl (C=O) groups excluding carboxylic acids is 2. The van der Waals surface area contributed by atoms with Gasteiger partial charge in [-0.3, -0.25) is 9.69 Å². The molecule has 6 nitrogen and oxygen atoms in total. The van der Waals surface area contributed by atoms with Crippen molar-refractivity contribution in [2.75, 3.05) is 11.4 Å². The molecule has 0 saturated carbocycles. The first-order valence-corrected chi connectivity index (χ1v) is 8.64. The van der Waals surface area contributed by atoms with Crippen molar-refractivity contribution in [3.8, 4) is 0 Å². The van der Waals surface area contributed by atoms with Gasteiger partial charge in [0.2, 0.25) is 0 Å². The largest absolute Gasteiger partial charge is 0.443 e. The molecule has 1 unspecified atom stereocenters. The first-order chi connectivity index (χ1) is 12.6. The molecule has 8 heteroatoms. The average Bonchev–Trinajstić information content (AvgIpc) is 2.60. The number of nitrogens with zero attached hydrogens (tertiary/aromatic N) is 2. The van der Waals surface area contributed by atoms with Gasteiger partial charge in [-0.05, 0) is 69.7 Å². The summed E-state index contributed by atoms with van der Waals surface area (Å²) in [6.07, 6.45) is 0.947. The van der Waals surface area contributed by atoms with Gasteiger partial charge in [0.1, 0.15) is 17.2 Å². The molecule has 152 valence electrons. The van der Waals surface area contributed by atoms with E-state index in [4.69, 9.17) is 10.5 Å². The lowest BCUT2D eigenvalue weighted by Gasteiger charge is -2.26. The minimum atomic E-state index is -0.963. The Morgan fingerprint density at radius 1 is 1.21 bits per heavy atom. The van der Waals surface area contributed by atoms with E-state index in [1.54, 1.807) is 39.8 Å². The van der Waals surface area contributed by atoms with Crippen LogP contribution in [-0.2, 0) is 4.74 Å². The fourth-order valence-electron chi connectivity index (χ4n) is 2.42. The van der Waals surface area contributed by atoms with E-state index in [9.17, 15) is 14.0 Å². The second-order valence-electron chi connectivity index (χ2n) is 7.02. The summed E-state index contributed by atoms with van der Waals surface area (Å²) in [5, 5.41) is 0. The molecule has 0 aliphatic heterocycles. The van der Waals surface area contributed by atoms with E-state index in [1.807, 2.05) is 0 Å². The van der Waals surface area contributed by atoms with Crippen molar-refractivity contribution >= 4 is 30.1 Å². The third-order valence-electron chi connectivity index (χ3n) is 3.75. The number of rotatable bonds is 5. The molecule has 0 bridgehead atoms. The van der Waals surface area contributed by atoms with E-state index in [0.29, 0.717) is 23.5 Å². The number of carbonyl (C=O) groups is 2. The molecule has 2 aromatic rings. The van der Waals surface area contributed by atoms with Gasteiger partial charge in [-0.15, -0.1) is 12.4 Å². The van der Waals surface area contributed by atoms with Crippen molar-refractivity contribution < 1.29 is 18.7 Å². The molecule has 1 aromatic carbocycles. The van der Waals surface area contributed by atoms with Gasteiger partial charge in [0.15, 0.2) is 5.78 Å². The minimum absolute atomic E-state index is 0. The number of pyridine rings is 1. The average molecular weight is 410 g/mol. The molecule has 1 heterocycles. The standard InChI is InChI=1S/C20H24FN3O3.ClH/c1-5-24(19(26)27-20(2,3)4)16-12-14(10-11-23-16)17(22)18(25)13-6-8-15(21)9-7-13;/h6-12,17H,5,22H2,1-4H3;1H. The summed E-state index contributed by atoms with van der Waals surface area (Å²) in [4.78, 5) is 30.5. The Morgan fingerprint density at radius 3 is 2.36 bits per heavy atom. The van der Waals surface area contributed by atoms with Gasteiger partial charge in [0.25, 0.3) is 0 Å². The number of ether oxygens (including phenoxy) is 1. The second kappa shape index (κ2) is 9.61. The fourth-order valence-corrected chi connectivity index (χ4v) is 2.42. The lowest BCUT2D eigenvalue weighted by Crippen LogP contribution is -2.37. The molecule has 28 heavy (non-hydrogen) atoms. The van der Waals surface area contributed by atoms with Gasteiger partial charge in [-0.25, -0.2) is 14.2 Å². The smallest absolute Gasteiger partial charge is 0.415 e. The van der Waals surface area contributed by atoms with Gasteiger partial charge >= 0.3 is 6.09 Å². The normalized spacial score (nSPS) is 11.9. The van der Waals surface area contributed by atoms with Crippen LogP contribution < -0.4 is 10.6 Å². The van der Waals surface area contributed by atoms with E-state index < -0.39 is 23.6 Å². The first kappa shape index (κ1) is 23.5. The third-order valence-corrected chi connectivity index (χ3v) is 3.75. The SMILES string of the molecule is CCN(C(=O)OC(C)(C)C)c1cc(C(N)C(=O)c2ccc(F)cc2)ccn1.Cl. The zero-order valence-corrected chi connectivity index (χ0v) is 17.1. The molecule has 2 rings (SSSR count). The predicted octanol–water partition coefficient (Wildman–Crippen LogP) is 4.29. The van der Waals surface area contributed by atoms with Crippen LogP contribution in [0.4, 0.5) is 15.0 Å². The topological polar surface area (TPSA) is 85.5 Å². The second-order valence-corrected chi connectivity index (χ2v) is 7.02. The maximum Gasteiger partial charge on any atom is 0.415 e. The fraction of sp³-hybridized carbons (Fsp3) is 0.350. The van der Waals surface area contributed by atoms with Crippen LogP contribution in [0.15, 0.2) is 42.6 Å². The Labute approximate surface area is 170 Å². The Bertz CT molecular complexity index is 822. The Balaban J connectivity index is 0.00000392. The highest BCUT2D eigenvalue weighted by Gasteiger charge is 2.24. The molecular weight excluding hydrogens is 385 g/mol. The van der Waals surface area contributed by atoms with Crippen molar-refractivity contribution in [1.82, 2.24) is 4.98 Å². The zero-order valence-electron chi connectivity index (χ0n) is 16.3. The van der Waals surface area contributed by atoms with Crippen molar-refractivity contribution in [3.05, 3.63) is 59.5 Å². The quantitative estimate of drug-likeness (QED) is 0.744. The van der Waals surface area contributed by atoms with Crippen LogP contribution in [0, 0.1) is 5.82 Å². The van der Waals surface area contributed by atoms with Gasteiger partial charge in [-0.2, -0.15) is 0 Å². The van der Waals surface area contributed by atoms with Crippen molar-refractivity contribution in [3.63, 3.8) is 0 Å². The number of ketones is 1. The van der Waals surface area contributed by atoms with Crippen LogP contribution in [0.3, 0.4) is 0 Å². The molecule has 0 aliphatic carbocycles. The monoisotopic (exact) mass is 409 g/mol. The molecule has 0 radical (unpaired) electrons. The summed E-state index contributed by atoms with van der Waals surface area (Å²) < 4.78 is 18.4. The highest BCUT2D eigenvalue weighted by molar-refractivity contribution is 6.00. The van der Waals surface area contributed by atoms with E-state index in [1.165, 1.54) is 35.4 Å². The van der Waals surface area contributed by atoms with Crippen LogP contribution in [0.2, 0.25) is 0 Å². The zero-order chi connectivity index (χ0) is 20.2. The van der Waals surface area contributed by atoms with Crippen LogP contribution in [-0.4, -0.2) is 29.0 Å². The van der Waals surface area contributed by atoms with E-state index in [2.05, 4.69) is 4.98 Å². The lowest BCUT2D eigenvalue weighted by molar-refractivity contribution is 0.0581. The van der Waals surface area contributed by atoms with Crippen molar-refractivity contribution in [2.24, 2.45) is 5.73 Å². The summed E-state index contributed by atoms with van der Waals surface area (Å²) in [5.74, 6) is -0.443. The van der Waals surface area contributed by atoms with E-state index in [-0.39, 0.29) is 18.2 Å². The summed E-state index contributed by atoms with van der Waals surface area (Å²) in [6.45, 7) is 7.47. The number of anilines is 1. The van der Waals surface area contributed by atoms with Gasteiger partial charge < -0.3 is 10.5 Å². The summed E-state index contributed by atoms with van der Waals surface area (Å²) in [7, 11) is 0. The van der Waals surface area contributed by atoms with Crippen LogP contribution >= 0.6 is 12.4 Å². The van der Waals surface area contributed by atoms with Crippen LogP contribution in [0.5, 0.6) is 0 Å². The maximum absolute atomic E-state index is 13.0. The van der Waals surface area contributed by atoms with Crippen LogP contribution in [0.25, 0.3) is 0 Å². The van der Waals surface area contributed by atoms with E-state index >= 15 is 0 Å². The van der Waals surface area contributed by atoms with Gasteiger partial charge in [0.05, 0.1) is 6.04 Å². The molecule has 0 fully saturated rings. The van der Waals surface area contributed by atoms with Gasteiger partial charge in [0, 0.05) is 18.3 Å². The molecule has 0 spiro atoms. The maximum atomic E-state index is 13.0. The molecule has 0 aliphatic rings. The number of hydrogen-bond donors (Lipinski definition) is 1. The molecule has 1 aromatic heterocycles. The molecule has 2 N–H and O–H groups in total. The Morgan fingerprint density at radius 2 is 1.82 bits per heavy atom. The third kappa shape index (κ3) is 6.00. The minimum Gasteiger partial charge on any atom is -0.443 e. The summed E-state index contributed by atoms with van der Waals surface area (Å²) in [5.41, 5.74) is 6.25. The van der Waals surface area contributed by atoms with Gasteiger partial charge in [-0.1, -0.05) is 0 Å².